The number of rotatable bonds is 11. The van der Waals surface area contributed by atoms with Gasteiger partial charge in [0, 0.05) is 51.5 Å². The maximum absolute atomic E-state index is 7.02. The summed E-state index contributed by atoms with van der Waals surface area (Å²) in [6.07, 6.45) is 16.3. The third kappa shape index (κ3) is 8.49. The molecule has 10 rings (SSSR count). The standard InChI is InChI=1S/C58H48N6/c1-40-19-17-18-28-47(40)51(59)37-56(60-39-41-20-7-2-8-21-41)61-53-36-46(31-33-48(53)42-22-9-3-10-23-42)45-32-34-55-50(35-45)49-29-15-6-16-30-54(49)64(55)57-38-52(43-24-11-4-12-25-43)62-58(63-57)44-26-13-5-14-27-44/h2-5,7-18,20-36,38,40,51H,19,37,39,59H2,1H3,(H,60,61). The highest BCUT2D eigenvalue weighted by Crippen LogP contribution is 2.35. The number of hydrogen-bond donors (Lipinski definition) is 2. The molecule has 8 aromatic rings. The summed E-state index contributed by atoms with van der Waals surface area (Å²) in [5.41, 5.74) is 22.0. The Bertz CT molecular complexity index is 3210. The summed E-state index contributed by atoms with van der Waals surface area (Å²) in [5.74, 6) is 2.69. The Balaban J connectivity index is 1.10. The summed E-state index contributed by atoms with van der Waals surface area (Å²) in [6, 6.07) is 56.8. The van der Waals surface area contributed by atoms with Crippen molar-refractivity contribution < 1.29 is 0 Å². The monoisotopic (exact) mass is 828 g/mol. The maximum atomic E-state index is 7.02. The van der Waals surface area contributed by atoms with Gasteiger partial charge in [0.05, 0.1) is 23.1 Å². The summed E-state index contributed by atoms with van der Waals surface area (Å²) in [6.45, 7) is 2.80. The van der Waals surface area contributed by atoms with Crippen LogP contribution in [0.2, 0.25) is 0 Å². The van der Waals surface area contributed by atoms with Crippen molar-refractivity contribution in [2.75, 3.05) is 5.32 Å². The fourth-order valence-electron chi connectivity index (χ4n) is 8.79. The third-order valence-corrected chi connectivity index (χ3v) is 12.1. The van der Waals surface area contributed by atoms with Gasteiger partial charge in [0.2, 0.25) is 0 Å². The fraction of sp³-hybridized carbons (Fsp3) is 0.103. The summed E-state index contributed by atoms with van der Waals surface area (Å²) in [4.78, 5) is 15.5. The van der Waals surface area contributed by atoms with Crippen molar-refractivity contribution in [3.63, 3.8) is 0 Å². The highest BCUT2D eigenvalue weighted by atomic mass is 15.1. The molecule has 2 atom stereocenters. The molecule has 0 spiro atoms. The van der Waals surface area contributed by atoms with E-state index in [2.05, 4.69) is 174 Å². The van der Waals surface area contributed by atoms with Gasteiger partial charge < -0.3 is 11.1 Å². The molecule has 0 aliphatic heterocycles. The molecule has 6 aromatic carbocycles. The van der Waals surface area contributed by atoms with E-state index in [1.165, 1.54) is 5.57 Å². The molecule has 2 aliphatic carbocycles. The molecule has 0 radical (unpaired) electrons. The fourth-order valence-corrected chi connectivity index (χ4v) is 8.79. The molecule has 6 heteroatoms. The first-order chi connectivity index (χ1) is 31.6. The van der Waals surface area contributed by atoms with Crippen molar-refractivity contribution >= 4 is 34.6 Å². The predicted molar refractivity (Wildman–Crippen MR) is 266 cm³/mol. The van der Waals surface area contributed by atoms with Crippen LogP contribution in [0, 0.1) is 5.92 Å². The SMILES string of the molecule is CC1CC=CC=C1C(N)CC(=NCc1ccccc1)Nc1cc(-c2ccc3c(c2)c2c(n3-c3cc(-c4ccccc4)nc(-c4ccccc4)n3)=CC=C=CC=2)ccc1-c1ccccc1. The zero-order valence-corrected chi connectivity index (χ0v) is 35.8. The number of benzene rings is 6. The number of allylic oxidation sites excluding steroid dienone is 4. The van der Waals surface area contributed by atoms with Gasteiger partial charge in [0.1, 0.15) is 11.7 Å². The van der Waals surface area contributed by atoms with Gasteiger partial charge in [-0.15, -0.1) is 5.73 Å². The Morgan fingerprint density at radius 1 is 0.719 bits per heavy atom. The first kappa shape index (κ1) is 40.2. The van der Waals surface area contributed by atoms with Crippen LogP contribution >= 0.6 is 0 Å². The van der Waals surface area contributed by atoms with Crippen molar-refractivity contribution in [1.82, 2.24) is 14.5 Å². The van der Waals surface area contributed by atoms with Crippen LogP contribution < -0.4 is 21.6 Å². The molecule has 0 fully saturated rings. The van der Waals surface area contributed by atoms with Crippen molar-refractivity contribution in [3.8, 4) is 50.7 Å². The Morgan fingerprint density at radius 2 is 1.39 bits per heavy atom. The highest BCUT2D eigenvalue weighted by molar-refractivity contribution is 6.01. The van der Waals surface area contributed by atoms with Crippen LogP contribution in [0.4, 0.5) is 5.69 Å². The van der Waals surface area contributed by atoms with Gasteiger partial charge >= 0.3 is 0 Å². The largest absolute Gasteiger partial charge is 0.343 e. The average Bonchev–Trinajstić information content (AvgIpc) is 3.46. The predicted octanol–water partition coefficient (Wildman–Crippen LogP) is 11.6. The minimum atomic E-state index is -0.175. The third-order valence-electron chi connectivity index (χ3n) is 12.1. The molecule has 0 bridgehead atoms. The molecule has 0 amide bonds. The lowest BCUT2D eigenvalue weighted by Gasteiger charge is -2.25. The van der Waals surface area contributed by atoms with Gasteiger partial charge in [-0.3, -0.25) is 9.56 Å². The van der Waals surface area contributed by atoms with Crippen molar-refractivity contribution in [2.24, 2.45) is 16.6 Å². The van der Waals surface area contributed by atoms with Crippen LogP contribution in [-0.2, 0) is 6.54 Å². The highest BCUT2D eigenvalue weighted by Gasteiger charge is 2.21. The summed E-state index contributed by atoms with van der Waals surface area (Å²) >= 11 is 0. The number of amidine groups is 1. The lowest BCUT2D eigenvalue weighted by molar-refractivity contribution is 0.607. The summed E-state index contributed by atoms with van der Waals surface area (Å²) < 4.78 is 2.26. The van der Waals surface area contributed by atoms with Gasteiger partial charge in [-0.1, -0.05) is 165 Å². The number of nitrogens with zero attached hydrogens (tertiary/aromatic N) is 4. The Hall–Kier alpha value is -7.89. The van der Waals surface area contributed by atoms with E-state index in [4.69, 9.17) is 20.7 Å². The normalized spacial score (nSPS) is 14.9. The molecule has 310 valence electrons. The molecule has 0 saturated heterocycles. The minimum Gasteiger partial charge on any atom is -0.343 e. The molecule has 6 nitrogen and oxygen atoms in total. The van der Waals surface area contributed by atoms with E-state index in [9.17, 15) is 0 Å². The van der Waals surface area contributed by atoms with E-state index >= 15 is 0 Å². The van der Waals surface area contributed by atoms with Crippen LogP contribution in [0.25, 0.3) is 73.8 Å². The molecule has 64 heavy (non-hydrogen) atoms. The molecular formula is C58H48N6. The van der Waals surface area contributed by atoms with Crippen LogP contribution in [-0.4, -0.2) is 26.4 Å². The summed E-state index contributed by atoms with van der Waals surface area (Å²) in [5, 5.41) is 7.09. The molecular weight excluding hydrogens is 781 g/mol. The maximum Gasteiger partial charge on any atom is 0.162 e. The Kier molecular flexibility index (Phi) is 11.4. The second-order valence-electron chi connectivity index (χ2n) is 16.4. The van der Waals surface area contributed by atoms with Gasteiger partial charge in [-0.25, -0.2) is 9.97 Å². The first-order valence-electron chi connectivity index (χ1n) is 22.0. The minimum absolute atomic E-state index is 0.175. The number of anilines is 1. The summed E-state index contributed by atoms with van der Waals surface area (Å²) in [7, 11) is 0. The Labute approximate surface area is 374 Å². The van der Waals surface area contributed by atoms with Crippen LogP contribution in [0.1, 0.15) is 25.3 Å². The topological polar surface area (TPSA) is 81.1 Å². The van der Waals surface area contributed by atoms with Gasteiger partial charge in [-0.2, -0.15) is 0 Å². The van der Waals surface area contributed by atoms with Gasteiger partial charge in [-0.05, 0) is 82.7 Å². The molecule has 2 heterocycles. The van der Waals surface area contributed by atoms with Crippen molar-refractivity contribution in [1.29, 1.82) is 0 Å². The molecule has 2 unspecified atom stereocenters. The van der Waals surface area contributed by atoms with Crippen LogP contribution in [0.15, 0.2) is 210 Å². The van der Waals surface area contributed by atoms with E-state index < -0.39 is 0 Å². The molecule has 3 N–H and O–H groups in total. The first-order valence-corrected chi connectivity index (χ1v) is 22.0. The van der Waals surface area contributed by atoms with E-state index in [1.54, 1.807) is 0 Å². The second kappa shape index (κ2) is 18.2. The Morgan fingerprint density at radius 3 is 2.14 bits per heavy atom. The number of aliphatic imine (C=N–C) groups is 1. The quantitative estimate of drug-likeness (QED) is 0.0773. The number of aromatic nitrogens is 3. The lowest BCUT2D eigenvalue weighted by Crippen LogP contribution is -2.32. The average molecular weight is 829 g/mol. The van der Waals surface area contributed by atoms with E-state index in [0.29, 0.717) is 24.7 Å². The number of fused-ring (bicyclic) bond motifs is 3. The van der Waals surface area contributed by atoms with E-state index in [-0.39, 0.29) is 6.04 Å². The number of nitrogens with one attached hydrogen (secondary N) is 1. The van der Waals surface area contributed by atoms with Crippen LogP contribution in [0.5, 0.6) is 0 Å². The zero-order chi connectivity index (χ0) is 43.2. The molecule has 2 aromatic heterocycles. The second-order valence-corrected chi connectivity index (χ2v) is 16.4. The van der Waals surface area contributed by atoms with E-state index in [1.807, 2.05) is 54.6 Å². The number of nitrogens with two attached hydrogens (primary N) is 1. The van der Waals surface area contributed by atoms with Crippen molar-refractivity contribution in [3.05, 3.63) is 222 Å². The lowest BCUT2D eigenvalue weighted by atomic mass is 9.87. The van der Waals surface area contributed by atoms with Gasteiger partial charge in [0.25, 0.3) is 0 Å². The van der Waals surface area contributed by atoms with Crippen molar-refractivity contribution in [2.45, 2.75) is 32.4 Å². The van der Waals surface area contributed by atoms with Crippen LogP contribution in [0.3, 0.4) is 0 Å². The zero-order valence-electron chi connectivity index (χ0n) is 35.8. The van der Waals surface area contributed by atoms with E-state index in [0.717, 1.165) is 89.9 Å². The number of hydrogen-bond acceptors (Lipinski definition) is 4. The van der Waals surface area contributed by atoms with Gasteiger partial charge in [0.15, 0.2) is 5.82 Å². The smallest absolute Gasteiger partial charge is 0.162 e. The molecule has 2 aliphatic rings. The molecule has 0 saturated carbocycles.